The van der Waals surface area contributed by atoms with Gasteiger partial charge in [0.15, 0.2) is 5.69 Å². The molecule has 5 nitrogen and oxygen atoms in total. The fraction of sp³-hybridized carbons (Fsp3) is 0.182. The standard InChI is InChI=1S/C11H10N2O3/c1-7-2-4-13-8(6-7)10(11(15)16)12-9(13)3-5-14/h2,4-6H,3H2,1H3,(H,15,16). The Labute approximate surface area is 91.3 Å². The smallest absolute Gasteiger partial charge is 0.356 e. The minimum atomic E-state index is -1.08. The molecule has 2 aromatic rings. The number of nitrogens with zero attached hydrogens (tertiary/aromatic N) is 2. The zero-order valence-electron chi connectivity index (χ0n) is 8.67. The Morgan fingerprint density at radius 1 is 1.62 bits per heavy atom. The van der Waals surface area contributed by atoms with Crippen LogP contribution in [0.2, 0.25) is 0 Å². The molecule has 0 spiro atoms. The van der Waals surface area contributed by atoms with Crippen molar-refractivity contribution in [2.45, 2.75) is 13.3 Å². The van der Waals surface area contributed by atoms with Gasteiger partial charge in [-0.15, -0.1) is 0 Å². The molecule has 2 heterocycles. The molecule has 0 aromatic carbocycles. The van der Waals surface area contributed by atoms with Crippen LogP contribution in [0.25, 0.3) is 5.52 Å². The van der Waals surface area contributed by atoms with Crippen molar-refractivity contribution in [1.29, 1.82) is 0 Å². The third-order valence-electron chi connectivity index (χ3n) is 2.34. The van der Waals surface area contributed by atoms with Crippen molar-refractivity contribution in [3.63, 3.8) is 0 Å². The minimum Gasteiger partial charge on any atom is -0.476 e. The minimum absolute atomic E-state index is 0.0134. The molecule has 0 saturated heterocycles. The molecule has 0 aliphatic heterocycles. The molecule has 0 radical (unpaired) electrons. The molecule has 1 N–H and O–H groups in total. The van der Waals surface area contributed by atoms with Crippen molar-refractivity contribution >= 4 is 17.8 Å². The average Bonchev–Trinajstić information content (AvgIpc) is 2.57. The SMILES string of the molecule is Cc1ccn2c(CC=O)nc(C(=O)O)c2c1. The number of aromatic nitrogens is 2. The molecular formula is C11H10N2O3. The highest BCUT2D eigenvalue weighted by Gasteiger charge is 2.15. The predicted molar refractivity (Wildman–Crippen MR) is 56.7 cm³/mol. The largest absolute Gasteiger partial charge is 0.476 e. The number of fused-ring (bicyclic) bond motifs is 1. The first-order valence-corrected chi connectivity index (χ1v) is 4.78. The average molecular weight is 218 g/mol. The summed E-state index contributed by atoms with van der Waals surface area (Å²) in [6.07, 6.45) is 2.54. The van der Waals surface area contributed by atoms with Crippen LogP contribution in [0.1, 0.15) is 21.9 Å². The van der Waals surface area contributed by atoms with Crippen LogP contribution in [-0.2, 0) is 11.2 Å². The maximum atomic E-state index is 11.0. The maximum Gasteiger partial charge on any atom is 0.356 e. The van der Waals surface area contributed by atoms with E-state index in [0.717, 1.165) is 5.56 Å². The highest BCUT2D eigenvalue weighted by molar-refractivity contribution is 5.94. The summed E-state index contributed by atoms with van der Waals surface area (Å²) in [7, 11) is 0. The van der Waals surface area contributed by atoms with Gasteiger partial charge < -0.3 is 14.3 Å². The van der Waals surface area contributed by atoms with Crippen molar-refractivity contribution < 1.29 is 14.7 Å². The lowest BCUT2D eigenvalue weighted by atomic mass is 10.2. The van der Waals surface area contributed by atoms with Gasteiger partial charge >= 0.3 is 5.97 Å². The molecule has 0 saturated carbocycles. The number of hydrogen-bond acceptors (Lipinski definition) is 3. The Morgan fingerprint density at radius 2 is 2.38 bits per heavy atom. The zero-order valence-corrected chi connectivity index (χ0v) is 8.67. The van der Waals surface area contributed by atoms with Gasteiger partial charge in [-0.3, -0.25) is 0 Å². The van der Waals surface area contributed by atoms with E-state index in [1.54, 1.807) is 16.7 Å². The van der Waals surface area contributed by atoms with E-state index in [2.05, 4.69) is 4.98 Å². The number of aryl methyl sites for hydroxylation is 1. The first-order chi connectivity index (χ1) is 7.63. The Hall–Kier alpha value is -2.17. The van der Waals surface area contributed by atoms with Crippen LogP contribution in [-0.4, -0.2) is 26.7 Å². The molecule has 0 aliphatic rings. The van der Waals surface area contributed by atoms with E-state index in [-0.39, 0.29) is 12.1 Å². The van der Waals surface area contributed by atoms with Gasteiger partial charge in [-0.1, -0.05) is 0 Å². The Morgan fingerprint density at radius 3 is 3.00 bits per heavy atom. The molecule has 0 fully saturated rings. The molecular weight excluding hydrogens is 208 g/mol. The van der Waals surface area contributed by atoms with Crippen LogP contribution < -0.4 is 0 Å². The van der Waals surface area contributed by atoms with Gasteiger partial charge in [0.1, 0.15) is 12.1 Å². The van der Waals surface area contributed by atoms with Crippen molar-refractivity contribution in [2.75, 3.05) is 0 Å². The van der Waals surface area contributed by atoms with E-state index in [1.165, 1.54) is 0 Å². The van der Waals surface area contributed by atoms with Crippen LogP contribution >= 0.6 is 0 Å². The molecule has 0 amide bonds. The summed E-state index contributed by atoms with van der Waals surface area (Å²) >= 11 is 0. The summed E-state index contributed by atoms with van der Waals surface area (Å²) in [6, 6.07) is 3.58. The molecule has 2 aromatic heterocycles. The number of carbonyl (C=O) groups is 2. The number of pyridine rings is 1. The lowest BCUT2D eigenvalue weighted by molar-refractivity contribution is -0.107. The van der Waals surface area contributed by atoms with Crippen molar-refractivity contribution in [3.8, 4) is 0 Å². The molecule has 5 heteroatoms. The number of aldehydes is 1. The second-order valence-corrected chi connectivity index (χ2v) is 3.51. The summed E-state index contributed by atoms with van der Waals surface area (Å²) < 4.78 is 1.63. The number of imidazole rings is 1. The highest BCUT2D eigenvalue weighted by Crippen LogP contribution is 2.15. The Bertz CT molecular complexity index is 572. The highest BCUT2D eigenvalue weighted by atomic mass is 16.4. The molecule has 0 atom stereocenters. The molecule has 16 heavy (non-hydrogen) atoms. The fourth-order valence-electron chi connectivity index (χ4n) is 1.63. The van der Waals surface area contributed by atoms with E-state index >= 15 is 0 Å². The third kappa shape index (κ3) is 1.56. The van der Waals surface area contributed by atoms with Gasteiger partial charge in [-0.05, 0) is 24.6 Å². The van der Waals surface area contributed by atoms with Crippen LogP contribution in [0, 0.1) is 6.92 Å². The van der Waals surface area contributed by atoms with Crippen LogP contribution in [0.5, 0.6) is 0 Å². The summed E-state index contributed by atoms with van der Waals surface area (Å²) in [5.41, 5.74) is 1.46. The van der Waals surface area contributed by atoms with Gasteiger partial charge in [0.05, 0.1) is 11.9 Å². The van der Waals surface area contributed by atoms with Gasteiger partial charge in [0.25, 0.3) is 0 Å². The van der Waals surface area contributed by atoms with Crippen molar-refractivity contribution in [1.82, 2.24) is 9.38 Å². The molecule has 0 bridgehead atoms. The number of hydrogen-bond donors (Lipinski definition) is 1. The van der Waals surface area contributed by atoms with Crippen LogP contribution in [0.3, 0.4) is 0 Å². The number of rotatable bonds is 3. The van der Waals surface area contributed by atoms with Gasteiger partial charge in [-0.25, -0.2) is 9.78 Å². The molecule has 0 aliphatic carbocycles. The second-order valence-electron chi connectivity index (χ2n) is 3.51. The van der Waals surface area contributed by atoms with E-state index < -0.39 is 5.97 Å². The lowest BCUT2D eigenvalue weighted by Gasteiger charge is -1.98. The van der Waals surface area contributed by atoms with Crippen LogP contribution in [0.4, 0.5) is 0 Å². The van der Waals surface area contributed by atoms with E-state index in [9.17, 15) is 9.59 Å². The van der Waals surface area contributed by atoms with E-state index in [4.69, 9.17) is 5.11 Å². The Kier molecular flexibility index (Phi) is 2.44. The lowest BCUT2D eigenvalue weighted by Crippen LogP contribution is -1.97. The summed E-state index contributed by atoms with van der Waals surface area (Å²) in [4.78, 5) is 25.4. The van der Waals surface area contributed by atoms with Gasteiger partial charge in [0.2, 0.25) is 0 Å². The van der Waals surface area contributed by atoms with Crippen molar-refractivity contribution in [2.24, 2.45) is 0 Å². The van der Waals surface area contributed by atoms with Crippen LogP contribution in [0.15, 0.2) is 18.3 Å². The first kappa shape index (κ1) is 10.4. The number of carboxylic acids is 1. The monoisotopic (exact) mass is 218 g/mol. The number of aromatic carboxylic acids is 1. The number of carboxylic acid groups (broad SMARTS) is 1. The molecule has 2 rings (SSSR count). The third-order valence-corrected chi connectivity index (χ3v) is 2.34. The van der Waals surface area contributed by atoms with Gasteiger partial charge in [-0.2, -0.15) is 0 Å². The zero-order chi connectivity index (χ0) is 11.7. The van der Waals surface area contributed by atoms with Gasteiger partial charge in [0, 0.05) is 6.20 Å². The topological polar surface area (TPSA) is 71.7 Å². The second kappa shape index (κ2) is 3.77. The molecule has 0 unspecified atom stereocenters. The maximum absolute atomic E-state index is 11.0. The van der Waals surface area contributed by atoms with Crippen molar-refractivity contribution in [3.05, 3.63) is 35.4 Å². The molecule has 82 valence electrons. The van der Waals surface area contributed by atoms with E-state index in [0.29, 0.717) is 17.6 Å². The quantitative estimate of drug-likeness (QED) is 0.782. The summed E-state index contributed by atoms with van der Waals surface area (Å²) in [5, 5.41) is 8.99. The Balaban J connectivity index is 2.75. The predicted octanol–water partition coefficient (Wildman–Crippen LogP) is 1.08. The summed E-state index contributed by atoms with van der Waals surface area (Å²) in [6.45, 7) is 1.87. The normalized spacial score (nSPS) is 10.6. The van der Waals surface area contributed by atoms with E-state index in [1.807, 2.05) is 13.0 Å². The first-order valence-electron chi connectivity index (χ1n) is 4.78. The fourth-order valence-corrected chi connectivity index (χ4v) is 1.63. The number of carbonyl (C=O) groups excluding carboxylic acids is 1. The summed E-state index contributed by atoms with van der Waals surface area (Å²) in [5.74, 6) is -0.636.